The van der Waals surface area contributed by atoms with Gasteiger partial charge in [0.15, 0.2) is 0 Å². The van der Waals surface area contributed by atoms with Crippen molar-refractivity contribution < 1.29 is 4.74 Å². The average molecular weight is 259 g/mol. The van der Waals surface area contributed by atoms with Crippen LogP contribution in [0.4, 0.5) is 0 Å². The van der Waals surface area contributed by atoms with Crippen LogP contribution in [0.15, 0.2) is 18.2 Å². The van der Waals surface area contributed by atoms with E-state index < -0.39 is 0 Å². The third kappa shape index (κ3) is 2.65. The van der Waals surface area contributed by atoms with E-state index in [1.54, 1.807) is 0 Å². The molecular weight excluding hydrogens is 238 g/mol. The molecule has 4 nitrogen and oxygen atoms in total. The second kappa shape index (κ2) is 5.31. The van der Waals surface area contributed by atoms with Gasteiger partial charge in [0.1, 0.15) is 5.82 Å². The highest BCUT2D eigenvalue weighted by Crippen LogP contribution is 2.38. The highest BCUT2D eigenvalue weighted by atomic mass is 16.5. The van der Waals surface area contributed by atoms with Crippen LogP contribution in [0.5, 0.6) is 0 Å². The van der Waals surface area contributed by atoms with Crippen LogP contribution in [0.2, 0.25) is 0 Å². The number of fused-ring (bicyclic) bond motifs is 1. The van der Waals surface area contributed by atoms with Gasteiger partial charge in [0.05, 0.1) is 17.6 Å². The topological polar surface area (TPSA) is 53.1 Å². The van der Waals surface area contributed by atoms with E-state index in [0.717, 1.165) is 24.4 Å². The average Bonchev–Trinajstić information content (AvgIpc) is 3.17. The van der Waals surface area contributed by atoms with Gasteiger partial charge in [0, 0.05) is 12.6 Å². The maximum atomic E-state index is 5.59. The number of hydrogen-bond donors (Lipinski definition) is 1. The van der Waals surface area contributed by atoms with Gasteiger partial charge < -0.3 is 15.0 Å². The Labute approximate surface area is 113 Å². The lowest BCUT2D eigenvalue weighted by atomic mass is 10.2. The largest absolute Gasteiger partial charge is 0.377 e. The molecule has 1 heterocycles. The fraction of sp³-hybridized carbons (Fsp3) is 0.533. The van der Waals surface area contributed by atoms with E-state index in [0.29, 0.717) is 19.2 Å². The van der Waals surface area contributed by atoms with Crippen molar-refractivity contribution >= 4 is 11.0 Å². The molecule has 4 heteroatoms. The number of aromatic nitrogens is 2. The standard InChI is InChI=1S/C15H21N3O/c1-11-17-14-9-12(10-19-8-2-7-16)3-6-15(14)18(11)13-4-5-13/h3,6,9,13H,2,4-5,7-8,10,16H2,1H3. The molecule has 1 aromatic heterocycles. The quantitative estimate of drug-likeness (QED) is 0.811. The summed E-state index contributed by atoms with van der Waals surface area (Å²) >= 11 is 0. The number of benzene rings is 1. The van der Waals surface area contributed by atoms with Gasteiger partial charge >= 0.3 is 0 Å². The second-order valence-corrected chi connectivity index (χ2v) is 5.28. The van der Waals surface area contributed by atoms with Crippen molar-refractivity contribution in [2.75, 3.05) is 13.2 Å². The maximum absolute atomic E-state index is 5.59. The van der Waals surface area contributed by atoms with E-state index in [4.69, 9.17) is 10.5 Å². The van der Waals surface area contributed by atoms with Gasteiger partial charge in [-0.05, 0) is 50.4 Å². The number of aryl methyl sites for hydroxylation is 1. The Bertz CT molecular complexity index is 572. The van der Waals surface area contributed by atoms with Gasteiger partial charge in [-0.1, -0.05) is 6.07 Å². The van der Waals surface area contributed by atoms with Crippen molar-refractivity contribution in [2.45, 2.75) is 38.8 Å². The molecule has 0 bridgehead atoms. The molecule has 19 heavy (non-hydrogen) atoms. The van der Waals surface area contributed by atoms with Crippen molar-refractivity contribution in [1.29, 1.82) is 0 Å². The van der Waals surface area contributed by atoms with Gasteiger partial charge in [-0.2, -0.15) is 0 Å². The SMILES string of the molecule is Cc1nc2cc(COCCCN)ccc2n1C1CC1. The predicted octanol–water partition coefficient (Wildman–Crippen LogP) is 2.55. The summed E-state index contributed by atoms with van der Waals surface area (Å²) in [6, 6.07) is 7.14. The van der Waals surface area contributed by atoms with Crippen LogP contribution in [0.3, 0.4) is 0 Å². The fourth-order valence-corrected chi connectivity index (χ4v) is 2.52. The first-order valence-electron chi connectivity index (χ1n) is 7.05. The summed E-state index contributed by atoms with van der Waals surface area (Å²) in [5, 5.41) is 0. The molecule has 1 fully saturated rings. The number of hydrogen-bond acceptors (Lipinski definition) is 3. The Morgan fingerprint density at radius 1 is 1.42 bits per heavy atom. The smallest absolute Gasteiger partial charge is 0.106 e. The fourth-order valence-electron chi connectivity index (χ4n) is 2.52. The number of nitrogens with zero attached hydrogens (tertiary/aromatic N) is 2. The third-order valence-electron chi connectivity index (χ3n) is 3.60. The van der Waals surface area contributed by atoms with Crippen LogP contribution in [0, 0.1) is 6.92 Å². The molecule has 3 rings (SSSR count). The lowest BCUT2D eigenvalue weighted by molar-refractivity contribution is 0.120. The van der Waals surface area contributed by atoms with Crippen LogP contribution in [0.1, 0.15) is 36.7 Å². The van der Waals surface area contributed by atoms with Gasteiger partial charge in [-0.25, -0.2) is 4.98 Å². The first-order valence-corrected chi connectivity index (χ1v) is 7.05. The lowest BCUT2D eigenvalue weighted by Gasteiger charge is -2.05. The summed E-state index contributed by atoms with van der Waals surface area (Å²) in [6.07, 6.45) is 3.49. The molecule has 1 aliphatic rings. The lowest BCUT2D eigenvalue weighted by Crippen LogP contribution is -2.04. The molecule has 0 unspecified atom stereocenters. The summed E-state index contributed by atoms with van der Waals surface area (Å²) in [7, 11) is 0. The van der Waals surface area contributed by atoms with Crippen LogP contribution < -0.4 is 5.73 Å². The van der Waals surface area contributed by atoms with Crippen molar-refractivity contribution in [3.05, 3.63) is 29.6 Å². The highest BCUT2D eigenvalue weighted by Gasteiger charge is 2.26. The monoisotopic (exact) mass is 259 g/mol. The Kier molecular flexibility index (Phi) is 3.53. The minimum absolute atomic E-state index is 0.644. The highest BCUT2D eigenvalue weighted by molar-refractivity contribution is 5.77. The van der Waals surface area contributed by atoms with Crippen LogP contribution >= 0.6 is 0 Å². The molecule has 102 valence electrons. The molecule has 0 amide bonds. The normalized spacial score (nSPS) is 15.3. The summed E-state index contributed by atoms with van der Waals surface area (Å²) in [5.41, 5.74) is 8.97. The molecule has 0 radical (unpaired) electrons. The van der Waals surface area contributed by atoms with Gasteiger partial charge in [-0.15, -0.1) is 0 Å². The number of nitrogens with two attached hydrogens (primary N) is 1. The Hall–Kier alpha value is -1.39. The summed E-state index contributed by atoms with van der Waals surface area (Å²) in [5.74, 6) is 1.12. The zero-order valence-corrected chi connectivity index (χ0v) is 11.4. The minimum atomic E-state index is 0.644. The molecule has 0 aliphatic heterocycles. The zero-order chi connectivity index (χ0) is 13.2. The number of rotatable bonds is 6. The molecule has 0 spiro atoms. The zero-order valence-electron chi connectivity index (χ0n) is 11.4. The molecule has 1 aromatic carbocycles. The molecule has 1 saturated carbocycles. The molecule has 2 N–H and O–H groups in total. The number of ether oxygens (including phenoxy) is 1. The van der Waals surface area contributed by atoms with E-state index >= 15 is 0 Å². The van der Waals surface area contributed by atoms with Crippen molar-refractivity contribution in [2.24, 2.45) is 5.73 Å². The first kappa shape index (κ1) is 12.6. The molecule has 2 aromatic rings. The van der Waals surface area contributed by atoms with Crippen LogP contribution in [-0.2, 0) is 11.3 Å². The van der Waals surface area contributed by atoms with E-state index in [-0.39, 0.29) is 0 Å². The first-order chi connectivity index (χ1) is 9.29. The Morgan fingerprint density at radius 2 is 2.26 bits per heavy atom. The van der Waals surface area contributed by atoms with Crippen molar-refractivity contribution in [3.8, 4) is 0 Å². The van der Waals surface area contributed by atoms with Crippen molar-refractivity contribution in [3.63, 3.8) is 0 Å². The van der Waals surface area contributed by atoms with Crippen LogP contribution in [0.25, 0.3) is 11.0 Å². The molecular formula is C15H21N3O. The van der Waals surface area contributed by atoms with E-state index in [2.05, 4.69) is 34.7 Å². The predicted molar refractivity (Wildman–Crippen MR) is 76.1 cm³/mol. The maximum Gasteiger partial charge on any atom is 0.106 e. The third-order valence-corrected chi connectivity index (χ3v) is 3.60. The summed E-state index contributed by atoms with van der Waals surface area (Å²) < 4.78 is 7.96. The van der Waals surface area contributed by atoms with Gasteiger partial charge in [0.2, 0.25) is 0 Å². The van der Waals surface area contributed by atoms with Crippen LogP contribution in [-0.4, -0.2) is 22.7 Å². The van der Waals surface area contributed by atoms with Gasteiger partial charge in [-0.3, -0.25) is 0 Å². The van der Waals surface area contributed by atoms with E-state index in [1.165, 1.54) is 23.9 Å². The summed E-state index contributed by atoms with van der Waals surface area (Å²) in [4.78, 5) is 4.67. The Balaban J connectivity index is 1.77. The molecule has 0 atom stereocenters. The van der Waals surface area contributed by atoms with Gasteiger partial charge in [0.25, 0.3) is 0 Å². The van der Waals surface area contributed by atoms with Crippen molar-refractivity contribution in [1.82, 2.24) is 9.55 Å². The second-order valence-electron chi connectivity index (χ2n) is 5.28. The minimum Gasteiger partial charge on any atom is -0.377 e. The van der Waals surface area contributed by atoms with E-state index in [1.807, 2.05) is 0 Å². The molecule has 0 saturated heterocycles. The molecule has 1 aliphatic carbocycles. The van der Waals surface area contributed by atoms with E-state index in [9.17, 15) is 0 Å². The summed E-state index contributed by atoms with van der Waals surface area (Å²) in [6.45, 7) is 4.15. The number of imidazole rings is 1. The Morgan fingerprint density at radius 3 is 3.00 bits per heavy atom.